The molecule has 0 radical (unpaired) electrons. The van der Waals surface area contributed by atoms with E-state index in [-0.39, 0.29) is 0 Å². The lowest BCUT2D eigenvalue weighted by Gasteiger charge is -2.07. The number of nitrogens with zero attached hydrogens (tertiary/aromatic N) is 3. The van der Waals surface area contributed by atoms with Crippen LogP contribution in [0.3, 0.4) is 0 Å². The molecule has 2 heterocycles. The number of aromatic nitrogens is 3. The Balaban J connectivity index is 2.38. The van der Waals surface area contributed by atoms with Crippen molar-refractivity contribution >= 4 is 11.3 Å². The average Bonchev–Trinajstić information content (AvgIpc) is 2.80. The third kappa shape index (κ3) is 1.46. The Kier molecular flexibility index (Phi) is 2.30. The molecule has 1 aromatic carbocycles. The molecule has 2 aromatic heterocycles. The van der Waals surface area contributed by atoms with E-state index < -0.39 is 0 Å². The lowest BCUT2D eigenvalue weighted by atomic mass is 10.1. The zero-order chi connectivity index (χ0) is 12.7. The number of nitrogens with two attached hydrogens (primary N) is 1. The number of anilines is 1. The van der Waals surface area contributed by atoms with Gasteiger partial charge in [-0.1, -0.05) is 24.3 Å². The van der Waals surface area contributed by atoms with Crippen LogP contribution < -0.4 is 5.73 Å². The highest BCUT2D eigenvalue weighted by atomic mass is 15.3. The van der Waals surface area contributed by atoms with Gasteiger partial charge in [-0.15, -0.1) is 10.2 Å². The van der Waals surface area contributed by atoms with Crippen molar-refractivity contribution in [3.63, 3.8) is 0 Å². The highest BCUT2D eigenvalue weighted by Gasteiger charge is 2.13. The summed E-state index contributed by atoms with van der Waals surface area (Å²) in [5.41, 5.74) is 10.6. The van der Waals surface area contributed by atoms with Crippen molar-refractivity contribution in [1.29, 1.82) is 0 Å². The molecule has 0 bridgehead atoms. The number of hydrogen-bond donors (Lipinski definition) is 1. The van der Waals surface area contributed by atoms with Gasteiger partial charge in [0.05, 0.1) is 5.69 Å². The van der Waals surface area contributed by atoms with Crippen molar-refractivity contribution in [1.82, 2.24) is 14.6 Å². The van der Waals surface area contributed by atoms with E-state index in [0.717, 1.165) is 17.1 Å². The first-order valence-electron chi connectivity index (χ1n) is 5.84. The van der Waals surface area contributed by atoms with E-state index in [4.69, 9.17) is 5.73 Å². The fraction of sp³-hybridized carbons (Fsp3) is 0.143. The Bertz CT molecular complexity index is 728. The van der Waals surface area contributed by atoms with Crippen molar-refractivity contribution in [2.24, 2.45) is 0 Å². The minimum atomic E-state index is 0.646. The maximum atomic E-state index is 5.93. The minimum Gasteiger partial charge on any atom is -0.396 e. The highest BCUT2D eigenvalue weighted by molar-refractivity contribution is 5.71. The fourth-order valence-corrected chi connectivity index (χ4v) is 2.16. The minimum absolute atomic E-state index is 0.646. The van der Waals surface area contributed by atoms with E-state index in [0.29, 0.717) is 11.3 Å². The lowest BCUT2D eigenvalue weighted by molar-refractivity contribution is 1.07. The Labute approximate surface area is 105 Å². The molecule has 4 heteroatoms. The fourth-order valence-electron chi connectivity index (χ4n) is 2.16. The first-order valence-corrected chi connectivity index (χ1v) is 5.84. The van der Waals surface area contributed by atoms with Gasteiger partial charge in [0.15, 0.2) is 11.5 Å². The normalized spacial score (nSPS) is 11.0. The molecule has 0 amide bonds. The van der Waals surface area contributed by atoms with Gasteiger partial charge in [0.25, 0.3) is 0 Å². The molecule has 2 N–H and O–H groups in total. The predicted octanol–water partition coefficient (Wildman–Crippen LogP) is 2.60. The number of nitrogen functional groups attached to an aromatic ring is 1. The van der Waals surface area contributed by atoms with Gasteiger partial charge < -0.3 is 5.73 Å². The summed E-state index contributed by atoms with van der Waals surface area (Å²) in [6.45, 7) is 4.09. The number of benzene rings is 1. The van der Waals surface area contributed by atoms with E-state index in [9.17, 15) is 0 Å². The number of aryl methyl sites for hydroxylation is 2. The van der Waals surface area contributed by atoms with Crippen LogP contribution >= 0.6 is 0 Å². The van der Waals surface area contributed by atoms with Crippen LogP contribution in [0.2, 0.25) is 0 Å². The maximum Gasteiger partial charge on any atom is 0.184 e. The molecule has 0 aliphatic carbocycles. The summed E-state index contributed by atoms with van der Waals surface area (Å²) in [5, 5.41) is 8.47. The second kappa shape index (κ2) is 3.84. The zero-order valence-electron chi connectivity index (χ0n) is 10.4. The number of hydrogen-bond acceptors (Lipinski definition) is 3. The van der Waals surface area contributed by atoms with Gasteiger partial charge in [-0.2, -0.15) is 0 Å². The molecule has 0 aliphatic rings. The quantitative estimate of drug-likeness (QED) is 0.709. The largest absolute Gasteiger partial charge is 0.396 e. The SMILES string of the molecule is Cc1ccccc1-c1nnc2c(N)ccc(C)n12. The Morgan fingerprint density at radius 3 is 2.56 bits per heavy atom. The van der Waals surface area contributed by atoms with E-state index >= 15 is 0 Å². The summed E-state index contributed by atoms with van der Waals surface area (Å²) in [4.78, 5) is 0. The van der Waals surface area contributed by atoms with Crippen molar-refractivity contribution < 1.29 is 0 Å². The molecule has 0 spiro atoms. The van der Waals surface area contributed by atoms with Gasteiger partial charge in [-0.05, 0) is 31.5 Å². The molecular weight excluding hydrogens is 224 g/mol. The molecule has 4 nitrogen and oxygen atoms in total. The van der Waals surface area contributed by atoms with Crippen LogP contribution in [0.1, 0.15) is 11.3 Å². The molecule has 0 fully saturated rings. The van der Waals surface area contributed by atoms with Crippen LogP contribution in [-0.4, -0.2) is 14.6 Å². The van der Waals surface area contributed by atoms with Crippen LogP contribution in [0.4, 0.5) is 5.69 Å². The monoisotopic (exact) mass is 238 g/mol. The van der Waals surface area contributed by atoms with E-state index in [1.165, 1.54) is 5.56 Å². The van der Waals surface area contributed by atoms with E-state index in [1.807, 2.05) is 35.6 Å². The molecular formula is C14H14N4. The van der Waals surface area contributed by atoms with E-state index in [2.05, 4.69) is 29.3 Å². The third-order valence-corrected chi connectivity index (χ3v) is 3.16. The summed E-state index contributed by atoms with van der Waals surface area (Å²) in [6, 6.07) is 12.0. The topological polar surface area (TPSA) is 56.2 Å². The van der Waals surface area contributed by atoms with Gasteiger partial charge in [0.2, 0.25) is 0 Å². The van der Waals surface area contributed by atoms with Crippen LogP contribution in [0, 0.1) is 13.8 Å². The third-order valence-electron chi connectivity index (χ3n) is 3.16. The zero-order valence-corrected chi connectivity index (χ0v) is 10.4. The average molecular weight is 238 g/mol. The number of fused-ring (bicyclic) bond motifs is 1. The lowest BCUT2D eigenvalue weighted by Crippen LogP contribution is -1.98. The Morgan fingerprint density at radius 2 is 1.78 bits per heavy atom. The molecule has 3 aromatic rings. The molecule has 0 unspecified atom stereocenters. The summed E-state index contributed by atoms with van der Waals surface area (Å²) in [5.74, 6) is 0.841. The van der Waals surface area contributed by atoms with Crippen LogP contribution in [0.5, 0.6) is 0 Å². The summed E-state index contributed by atoms with van der Waals surface area (Å²) >= 11 is 0. The molecule has 0 aliphatic heterocycles. The van der Waals surface area contributed by atoms with Gasteiger partial charge in [-0.3, -0.25) is 4.40 Å². The van der Waals surface area contributed by atoms with Gasteiger partial charge in [0.1, 0.15) is 0 Å². The maximum absolute atomic E-state index is 5.93. The van der Waals surface area contributed by atoms with Crippen LogP contribution in [-0.2, 0) is 0 Å². The summed E-state index contributed by atoms with van der Waals surface area (Å²) in [6.07, 6.45) is 0. The van der Waals surface area contributed by atoms with Gasteiger partial charge in [-0.25, -0.2) is 0 Å². The molecule has 0 atom stereocenters. The molecule has 90 valence electrons. The summed E-state index contributed by atoms with van der Waals surface area (Å²) in [7, 11) is 0. The second-order valence-electron chi connectivity index (χ2n) is 4.43. The smallest absolute Gasteiger partial charge is 0.184 e. The van der Waals surface area contributed by atoms with Crippen LogP contribution in [0.25, 0.3) is 17.0 Å². The Morgan fingerprint density at radius 1 is 1.00 bits per heavy atom. The van der Waals surface area contributed by atoms with Crippen molar-refractivity contribution in [3.8, 4) is 11.4 Å². The van der Waals surface area contributed by atoms with E-state index in [1.54, 1.807) is 0 Å². The number of pyridine rings is 1. The van der Waals surface area contributed by atoms with Crippen LogP contribution in [0.15, 0.2) is 36.4 Å². The van der Waals surface area contributed by atoms with Crippen molar-refractivity contribution in [3.05, 3.63) is 47.7 Å². The Hall–Kier alpha value is -2.36. The van der Waals surface area contributed by atoms with Gasteiger partial charge in [0, 0.05) is 11.3 Å². The molecule has 0 saturated heterocycles. The summed E-state index contributed by atoms with van der Waals surface area (Å²) < 4.78 is 2.00. The standard InChI is InChI=1S/C14H14N4/c1-9-5-3-4-6-11(9)13-16-17-14-12(15)8-7-10(2)18(13)14/h3-8H,15H2,1-2H3. The first-order chi connectivity index (χ1) is 8.68. The molecule has 0 saturated carbocycles. The van der Waals surface area contributed by atoms with Crippen molar-refractivity contribution in [2.45, 2.75) is 13.8 Å². The predicted molar refractivity (Wildman–Crippen MR) is 72.3 cm³/mol. The first kappa shape index (κ1) is 10.8. The second-order valence-corrected chi connectivity index (χ2v) is 4.43. The van der Waals surface area contributed by atoms with Crippen molar-refractivity contribution in [2.75, 3.05) is 5.73 Å². The molecule has 18 heavy (non-hydrogen) atoms. The van der Waals surface area contributed by atoms with Gasteiger partial charge >= 0.3 is 0 Å². The molecule has 3 rings (SSSR count). The number of rotatable bonds is 1. The highest BCUT2D eigenvalue weighted by Crippen LogP contribution is 2.25.